The van der Waals surface area contributed by atoms with E-state index in [0.29, 0.717) is 11.3 Å². The largest absolute Gasteiger partial charge is 0.394 e. The summed E-state index contributed by atoms with van der Waals surface area (Å²) in [6, 6.07) is 4.47. The quantitative estimate of drug-likeness (QED) is 0.396. The first kappa shape index (κ1) is 23.3. The van der Waals surface area contributed by atoms with Crippen molar-refractivity contribution in [3.05, 3.63) is 29.3 Å². The van der Waals surface area contributed by atoms with Gasteiger partial charge in [0.2, 0.25) is 5.91 Å². The van der Waals surface area contributed by atoms with E-state index in [1.807, 2.05) is 32.0 Å². The number of carbonyl (C=O) groups excluding carboxylic acids is 1. The van der Waals surface area contributed by atoms with E-state index in [-0.39, 0.29) is 18.4 Å². The number of aliphatic hydroxyl groups is 2. The maximum Gasteiger partial charge on any atom is 0.243 e. The second-order valence-electron chi connectivity index (χ2n) is 8.23. The Labute approximate surface area is 175 Å². The first-order chi connectivity index (χ1) is 14.0. The Kier molecular flexibility index (Phi) is 9.50. The van der Waals surface area contributed by atoms with Gasteiger partial charge in [-0.25, -0.2) is 0 Å². The minimum atomic E-state index is -1.00. The van der Waals surface area contributed by atoms with E-state index in [9.17, 15) is 15.0 Å². The summed E-state index contributed by atoms with van der Waals surface area (Å²) in [5.41, 5.74) is 2.20. The van der Waals surface area contributed by atoms with Gasteiger partial charge < -0.3 is 20.8 Å². The van der Waals surface area contributed by atoms with Gasteiger partial charge in [-0.05, 0) is 30.5 Å². The lowest BCUT2D eigenvalue weighted by Crippen LogP contribution is -2.52. The molecule has 1 aliphatic heterocycles. The first-order valence-electron chi connectivity index (χ1n) is 11.0. The van der Waals surface area contributed by atoms with Crippen LogP contribution in [-0.4, -0.2) is 34.8 Å². The Morgan fingerprint density at radius 1 is 1.10 bits per heavy atom. The molecule has 0 fully saturated rings. The van der Waals surface area contributed by atoms with Gasteiger partial charge in [0.1, 0.15) is 12.1 Å². The Morgan fingerprint density at radius 2 is 1.83 bits per heavy atom. The molecule has 0 aromatic heterocycles. The molecule has 5 heteroatoms. The number of amides is 1. The lowest BCUT2D eigenvalue weighted by molar-refractivity contribution is -0.125. The van der Waals surface area contributed by atoms with Crippen LogP contribution in [0.25, 0.3) is 0 Å². The predicted molar refractivity (Wildman–Crippen MR) is 118 cm³/mol. The van der Waals surface area contributed by atoms with Crippen molar-refractivity contribution < 1.29 is 15.0 Å². The monoisotopic (exact) mass is 400 g/mol. The fourth-order valence-corrected chi connectivity index (χ4v) is 3.59. The Hall–Kier alpha value is -2.03. The second kappa shape index (κ2) is 11.8. The summed E-state index contributed by atoms with van der Waals surface area (Å²) in [5.74, 6) is 6.27. The molecule has 4 N–H and O–H groups in total. The summed E-state index contributed by atoms with van der Waals surface area (Å²) < 4.78 is 0. The number of anilines is 1. The minimum absolute atomic E-state index is 0.0641. The third-order valence-electron chi connectivity index (χ3n) is 5.42. The van der Waals surface area contributed by atoms with Gasteiger partial charge in [-0.1, -0.05) is 64.7 Å². The van der Waals surface area contributed by atoms with Crippen LogP contribution in [0.2, 0.25) is 0 Å². The summed E-state index contributed by atoms with van der Waals surface area (Å²) in [5, 5.41) is 26.4. The van der Waals surface area contributed by atoms with Crippen molar-refractivity contribution in [2.75, 3.05) is 11.9 Å². The van der Waals surface area contributed by atoms with E-state index in [1.165, 1.54) is 32.1 Å². The number of hydrogen-bond acceptors (Lipinski definition) is 4. The van der Waals surface area contributed by atoms with Gasteiger partial charge in [-0.3, -0.25) is 4.79 Å². The number of carbonyl (C=O) groups is 1. The number of unbranched alkanes of at least 4 members (excludes halogenated alkanes) is 6. The van der Waals surface area contributed by atoms with Crippen LogP contribution in [0, 0.1) is 17.8 Å². The molecule has 1 amide bonds. The highest BCUT2D eigenvalue weighted by atomic mass is 16.3. The molecule has 0 spiro atoms. The molecule has 2 rings (SSSR count). The zero-order chi connectivity index (χ0) is 21.2. The number of rotatable bonds is 8. The number of aliphatic hydroxyl groups excluding tert-OH is 2. The fraction of sp³-hybridized carbons (Fsp3) is 0.625. The number of fused-ring (bicyclic) bond motifs is 1. The number of hydrogen-bond donors (Lipinski definition) is 4. The van der Waals surface area contributed by atoms with Crippen molar-refractivity contribution in [3.8, 4) is 11.8 Å². The molecule has 0 radical (unpaired) electrons. The molecule has 1 aromatic carbocycles. The molecular weight excluding hydrogens is 364 g/mol. The van der Waals surface area contributed by atoms with E-state index >= 15 is 0 Å². The Bertz CT molecular complexity index is 721. The van der Waals surface area contributed by atoms with Gasteiger partial charge >= 0.3 is 0 Å². The van der Waals surface area contributed by atoms with Crippen LogP contribution in [0.3, 0.4) is 0 Å². The van der Waals surface area contributed by atoms with Crippen LogP contribution in [0.1, 0.15) is 82.9 Å². The molecule has 1 heterocycles. The average Bonchev–Trinajstić information content (AvgIpc) is 2.70. The fourth-order valence-electron chi connectivity index (χ4n) is 3.59. The van der Waals surface area contributed by atoms with Crippen LogP contribution in [0.15, 0.2) is 18.2 Å². The standard InChI is InChI=1S/C24H36N2O3/c1-4-5-6-7-8-9-10-11-12-18-13-14-20-19(15-18)23(28)21(16-27)26-24(29)22(25-20)17(2)3/h13-15,17,21-23,25,27-28H,4-10,16H2,1-3H3,(H,26,29)/t21-,22+,23-/m1/s1. The third-order valence-corrected chi connectivity index (χ3v) is 5.42. The van der Waals surface area contributed by atoms with E-state index in [4.69, 9.17) is 0 Å². The number of nitrogens with one attached hydrogen (secondary N) is 2. The Balaban J connectivity index is 2.11. The van der Waals surface area contributed by atoms with Gasteiger partial charge in [0.25, 0.3) is 0 Å². The van der Waals surface area contributed by atoms with Gasteiger partial charge in [-0.15, -0.1) is 0 Å². The molecule has 0 bridgehead atoms. The summed E-state index contributed by atoms with van der Waals surface area (Å²) >= 11 is 0. The van der Waals surface area contributed by atoms with Crippen LogP contribution >= 0.6 is 0 Å². The summed E-state index contributed by atoms with van der Waals surface area (Å²) in [7, 11) is 0. The summed E-state index contributed by atoms with van der Waals surface area (Å²) in [6.45, 7) is 5.82. The molecule has 3 atom stereocenters. The van der Waals surface area contributed by atoms with Gasteiger partial charge in [0, 0.05) is 23.2 Å². The van der Waals surface area contributed by atoms with Gasteiger partial charge in [-0.2, -0.15) is 0 Å². The third kappa shape index (κ3) is 6.76. The SMILES string of the molecule is CCCCCCCCC#Cc1ccc2c(c1)[C@@H](O)[C@@H](CO)NC(=O)[C@H](C(C)C)N2. The molecule has 1 aromatic rings. The number of benzene rings is 1. The smallest absolute Gasteiger partial charge is 0.243 e. The van der Waals surface area contributed by atoms with Crippen LogP contribution < -0.4 is 10.6 Å². The van der Waals surface area contributed by atoms with Crippen molar-refractivity contribution in [2.45, 2.75) is 83.9 Å². The molecule has 160 valence electrons. The normalized spacial score (nSPS) is 21.3. The van der Waals surface area contributed by atoms with Crippen molar-refractivity contribution in [3.63, 3.8) is 0 Å². The molecular formula is C24H36N2O3. The average molecular weight is 401 g/mol. The van der Waals surface area contributed by atoms with Crippen molar-refractivity contribution in [1.29, 1.82) is 0 Å². The Morgan fingerprint density at radius 3 is 2.52 bits per heavy atom. The highest BCUT2D eigenvalue weighted by Crippen LogP contribution is 2.30. The highest BCUT2D eigenvalue weighted by molar-refractivity contribution is 5.86. The maximum atomic E-state index is 12.5. The van der Waals surface area contributed by atoms with Crippen LogP contribution in [0.5, 0.6) is 0 Å². The summed E-state index contributed by atoms with van der Waals surface area (Å²) in [4.78, 5) is 12.5. The molecule has 5 nitrogen and oxygen atoms in total. The van der Waals surface area contributed by atoms with Crippen molar-refractivity contribution in [2.24, 2.45) is 5.92 Å². The molecule has 1 aliphatic rings. The molecule has 0 saturated heterocycles. The molecule has 0 saturated carbocycles. The predicted octanol–water partition coefficient (Wildman–Crippen LogP) is 3.75. The van der Waals surface area contributed by atoms with Gasteiger partial charge in [0.15, 0.2) is 0 Å². The van der Waals surface area contributed by atoms with Crippen LogP contribution in [0.4, 0.5) is 5.69 Å². The summed E-state index contributed by atoms with van der Waals surface area (Å²) in [6.07, 6.45) is 7.35. The lowest BCUT2D eigenvalue weighted by atomic mass is 9.94. The molecule has 29 heavy (non-hydrogen) atoms. The second-order valence-corrected chi connectivity index (χ2v) is 8.23. The highest BCUT2D eigenvalue weighted by Gasteiger charge is 2.32. The van der Waals surface area contributed by atoms with Gasteiger partial charge in [0.05, 0.1) is 12.6 Å². The van der Waals surface area contributed by atoms with Crippen molar-refractivity contribution in [1.82, 2.24) is 5.32 Å². The van der Waals surface area contributed by atoms with E-state index in [2.05, 4.69) is 29.4 Å². The zero-order valence-corrected chi connectivity index (χ0v) is 18.0. The van der Waals surface area contributed by atoms with E-state index in [1.54, 1.807) is 0 Å². The lowest BCUT2D eigenvalue weighted by Gasteiger charge is -2.33. The molecule has 0 aliphatic carbocycles. The van der Waals surface area contributed by atoms with Crippen LogP contribution in [-0.2, 0) is 4.79 Å². The molecule has 0 unspecified atom stereocenters. The topological polar surface area (TPSA) is 81.6 Å². The maximum absolute atomic E-state index is 12.5. The van der Waals surface area contributed by atoms with Crippen molar-refractivity contribution >= 4 is 11.6 Å². The first-order valence-corrected chi connectivity index (χ1v) is 11.0. The van der Waals surface area contributed by atoms with E-state index < -0.39 is 18.2 Å². The van der Waals surface area contributed by atoms with E-state index in [0.717, 1.165) is 18.4 Å². The zero-order valence-electron chi connectivity index (χ0n) is 18.0. The minimum Gasteiger partial charge on any atom is -0.394 e.